The molecule has 4 N–H and O–H groups in total. The average molecular weight is 320 g/mol. The van der Waals surface area contributed by atoms with Crippen LogP contribution in [0.3, 0.4) is 0 Å². The van der Waals surface area contributed by atoms with Crippen molar-refractivity contribution in [2.75, 3.05) is 5.73 Å². The van der Waals surface area contributed by atoms with Crippen LogP contribution in [-0.2, 0) is 0 Å². The van der Waals surface area contributed by atoms with Crippen LogP contribution in [0.2, 0.25) is 0 Å². The van der Waals surface area contributed by atoms with E-state index in [0.29, 0.717) is 0 Å². The fourth-order valence-corrected chi connectivity index (χ4v) is 2.84. The van der Waals surface area contributed by atoms with E-state index in [9.17, 15) is 0 Å². The first-order valence-electron chi connectivity index (χ1n) is 8.53. The van der Waals surface area contributed by atoms with Crippen LogP contribution in [0.25, 0.3) is 11.1 Å². The van der Waals surface area contributed by atoms with Gasteiger partial charge in [0.15, 0.2) is 0 Å². The molecule has 0 amide bonds. The van der Waals surface area contributed by atoms with Gasteiger partial charge in [0.25, 0.3) is 0 Å². The predicted molar refractivity (Wildman–Crippen MR) is 107 cm³/mol. The number of anilines is 1. The molecule has 2 aromatic carbocycles. The summed E-state index contributed by atoms with van der Waals surface area (Å²) in [5, 5.41) is 0. The summed E-state index contributed by atoms with van der Waals surface area (Å²) in [4.78, 5) is 0. The molecule has 1 unspecified atom stereocenters. The van der Waals surface area contributed by atoms with Gasteiger partial charge in [0, 0.05) is 11.7 Å². The lowest BCUT2D eigenvalue weighted by Gasteiger charge is -2.15. The van der Waals surface area contributed by atoms with E-state index in [1.807, 2.05) is 13.0 Å². The molecule has 0 radical (unpaired) electrons. The van der Waals surface area contributed by atoms with E-state index < -0.39 is 0 Å². The zero-order chi connectivity index (χ0) is 17.7. The molecule has 0 aromatic heterocycles. The zero-order valence-electron chi connectivity index (χ0n) is 15.1. The fourth-order valence-electron chi connectivity index (χ4n) is 2.84. The summed E-state index contributed by atoms with van der Waals surface area (Å²) in [7, 11) is 0. The predicted octanol–water partition coefficient (Wildman–Crippen LogP) is 5.49. The van der Waals surface area contributed by atoms with E-state index in [-0.39, 0.29) is 6.04 Å². The second kappa shape index (κ2) is 7.98. The summed E-state index contributed by atoms with van der Waals surface area (Å²) >= 11 is 0. The lowest BCUT2D eigenvalue weighted by atomic mass is 9.92. The standard InChI is InChI=1S/C22H28N2/c1-5-6-10-20(16(3)18-9-7-8-15(2)13-18)19-11-12-22(24)21(14-19)17(4)23/h6-14,17H,5,23-24H2,1-4H3/b10-6-,20-16-. The molecule has 0 aliphatic carbocycles. The summed E-state index contributed by atoms with van der Waals surface area (Å²) in [6, 6.07) is 14.7. The fraction of sp³-hybridized carbons (Fsp3) is 0.273. The van der Waals surface area contributed by atoms with Crippen LogP contribution in [0.5, 0.6) is 0 Å². The van der Waals surface area contributed by atoms with Crippen molar-refractivity contribution in [3.63, 3.8) is 0 Å². The van der Waals surface area contributed by atoms with Crippen LogP contribution in [-0.4, -0.2) is 0 Å². The number of nitrogen functional groups attached to an aromatic ring is 1. The van der Waals surface area contributed by atoms with Crippen LogP contribution in [0, 0.1) is 6.92 Å². The highest BCUT2D eigenvalue weighted by Gasteiger charge is 2.10. The summed E-state index contributed by atoms with van der Waals surface area (Å²) in [5.74, 6) is 0. The molecule has 2 aromatic rings. The molecule has 0 heterocycles. The SMILES string of the molecule is CC/C=C\C(=C(/C)c1cccc(C)c1)c1ccc(N)c(C(C)N)c1. The number of allylic oxidation sites excluding steroid dienone is 4. The van der Waals surface area contributed by atoms with Crippen molar-refractivity contribution in [3.05, 3.63) is 76.9 Å². The topological polar surface area (TPSA) is 52.0 Å². The molecule has 24 heavy (non-hydrogen) atoms. The van der Waals surface area contributed by atoms with E-state index >= 15 is 0 Å². The second-order valence-electron chi connectivity index (χ2n) is 6.35. The zero-order valence-corrected chi connectivity index (χ0v) is 15.1. The number of rotatable bonds is 5. The minimum atomic E-state index is -0.0827. The molecule has 0 aliphatic heterocycles. The maximum absolute atomic E-state index is 6.08. The number of hydrogen-bond acceptors (Lipinski definition) is 2. The third kappa shape index (κ3) is 4.15. The van der Waals surface area contributed by atoms with Gasteiger partial charge in [-0.3, -0.25) is 0 Å². The largest absolute Gasteiger partial charge is 0.398 e. The van der Waals surface area contributed by atoms with Gasteiger partial charge in [-0.1, -0.05) is 55.0 Å². The van der Waals surface area contributed by atoms with Crippen molar-refractivity contribution < 1.29 is 0 Å². The third-order valence-corrected chi connectivity index (χ3v) is 4.26. The third-order valence-electron chi connectivity index (χ3n) is 4.26. The van der Waals surface area contributed by atoms with E-state index in [2.05, 4.69) is 69.3 Å². The van der Waals surface area contributed by atoms with Crippen molar-refractivity contribution in [3.8, 4) is 0 Å². The van der Waals surface area contributed by atoms with Crippen molar-refractivity contribution in [2.45, 2.75) is 40.2 Å². The Morgan fingerprint density at radius 1 is 1.12 bits per heavy atom. The van der Waals surface area contributed by atoms with Crippen LogP contribution in [0.4, 0.5) is 5.69 Å². The van der Waals surface area contributed by atoms with E-state index in [0.717, 1.165) is 23.2 Å². The minimum Gasteiger partial charge on any atom is -0.398 e. The maximum Gasteiger partial charge on any atom is 0.0362 e. The number of hydrogen-bond donors (Lipinski definition) is 2. The van der Waals surface area contributed by atoms with Gasteiger partial charge in [-0.2, -0.15) is 0 Å². The van der Waals surface area contributed by atoms with Crippen LogP contribution in [0.15, 0.2) is 54.6 Å². The first kappa shape index (κ1) is 18.0. The molecule has 1 atom stereocenters. The highest BCUT2D eigenvalue weighted by Crippen LogP contribution is 2.31. The minimum absolute atomic E-state index is 0.0827. The highest BCUT2D eigenvalue weighted by atomic mass is 14.6. The molecule has 2 rings (SSSR count). The molecule has 0 spiro atoms. The molecule has 126 valence electrons. The smallest absolute Gasteiger partial charge is 0.0362 e. The number of nitrogens with two attached hydrogens (primary N) is 2. The Bertz CT molecular complexity index is 767. The maximum atomic E-state index is 6.08. The molecule has 0 fully saturated rings. The van der Waals surface area contributed by atoms with E-state index in [1.165, 1.54) is 22.3 Å². The van der Waals surface area contributed by atoms with Crippen LogP contribution in [0.1, 0.15) is 55.5 Å². The van der Waals surface area contributed by atoms with Crippen molar-refractivity contribution in [2.24, 2.45) is 5.73 Å². The molecule has 0 saturated heterocycles. The van der Waals surface area contributed by atoms with Gasteiger partial charge in [0.1, 0.15) is 0 Å². The van der Waals surface area contributed by atoms with Gasteiger partial charge in [-0.25, -0.2) is 0 Å². The Morgan fingerprint density at radius 2 is 1.88 bits per heavy atom. The average Bonchev–Trinajstić information content (AvgIpc) is 2.56. The second-order valence-corrected chi connectivity index (χ2v) is 6.35. The van der Waals surface area contributed by atoms with E-state index in [1.54, 1.807) is 0 Å². The summed E-state index contributed by atoms with van der Waals surface area (Å²) < 4.78 is 0. The van der Waals surface area contributed by atoms with Gasteiger partial charge in [-0.05, 0) is 67.2 Å². The monoisotopic (exact) mass is 320 g/mol. The Morgan fingerprint density at radius 3 is 2.50 bits per heavy atom. The van der Waals surface area contributed by atoms with Crippen LogP contribution >= 0.6 is 0 Å². The lowest BCUT2D eigenvalue weighted by Crippen LogP contribution is -2.08. The number of aryl methyl sites for hydroxylation is 1. The van der Waals surface area contributed by atoms with Gasteiger partial charge in [0.2, 0.25) is 0 Å². The first-order valence-corrected chi connectivity index (χ1v) is 8.53. The molecule has 0 bridgehead atoms. The van der Waals surface area contributed by atoms with Crippen LogP contribution < -0.4 is 11.5 Å². The summed E-state index contributed by atoms with van der Waals surface area (Å²) in [5.41, 5.74) is 20.0. The van der Waals surface area contributed by atoms with Gasteiger partial charge >= 0.3 is 0 Å². The van der Waals surface area contributed by atoms with Gasteiger partial charge in [0.05, 0.1) is 0 Å². The number of benzene rings is 2. The Labute approximate surface area is 145 Å². The molecule has 2 nitrogen and oxygen atoms in total. The quantitative estimate of drug-likeness (QED) is 0.434. The molecule has 0 saturated carbocycles. The van der Waals surface area contributed by atoms with E-state index in [4.69, 9.17) is 11.5 Å². The Kier molecular flexibility index (Phi) is 5.99. The molecule has 2 heteroatoms. The Hall–Kier alpha value is -2.32. The molecular formula is C22H28N2. The Balaban J connectivity index is 2.63. The van der Waals surface area contributed by atoms with Gasteiger partial charge in [-0.15, -0.1) is 0 Å². The van der Waals surface area contributed by atoms with Crippen molar-refractivity contribution >= 4 is 16.8 Å². The normalized spacial score (nSPS) is 13.9. The van der Waals surface area contributed by atoms with Crippen molar-refractivity contribution in [1.29, 1.82) is 0 Å². The summed E-state index contributed by atoms with van der Waals surface area (Å²) in [6.07, 6.45) is 5.39. The van der Waals surface area contributed by atoms with Crippen molar-refractivity contribution in [1.82, 2.24) is 0 Å². The molecular weight excluding hydrogens is 292 g/mol. The first-order chi connectivity index (χ1) is 11.4. The van der Waals surface area contributed by atoms with Gasteiger partial charge < -0.3 is 11.5 Å². The highest BCUT2D eigenvalue weighted by molar-refractivity contribution is 5.95. The summed E-state index contributed by atoms with van der Waals surface area (Å²) in [6.45, 7) is 8.41. The molecule has 0 aliphatic rings. The lowest BCUT2D eigenvalue weighted by molar-refractivity contribution is 0.821.